The molecule has 0 atom stereocenters. The zero-order chi connectivity index (χ0) is 9.15. The molecule has 1 aliphatic carbocycles. The van der Waals surface area contributed by atoms with Crippen LogP contribution in [0.15, 0.2) is 30.3 Å². The Kier molecular flexibility index (Phi) is 2.73. The van der Waals surface area contributed by atoms with Gasteiger partial charge in [-0.15, -0.1) is 0 Å². The van der Waals surface area contributed by atoms with Crippen molar-refractivity contribution in [3.05, 3.63) is 35.9 Å². The maximum absolute atomic E-state index is 3.90. The van der Waals surface area contributed by atoms with E-state index < -0.39 is 0 Å². The summed E-state index contributed by atoms with van der Waals surface area (Å²) in [5.41, 5.74) is 1.45. The average Bonchev–Trinajstić information content (AvgIpc) is 2.20. The van der Waals surface area contributed by atoms with E-state index in [1.54, 1.807) is 0 Å². The minimum atomic E-state index is 0.284. The number of halogens is 1. The highest BCUT2D eigenvalue weighted by molar-refractivity contribution is 9.09. The van der Waals surface area contributed by atoms with Crippen LogP contribution in [0, 0.1) is 0 Å². The summed E-state index contributed by atoms with van der Waals surface area (Å²) in [5, 5.41) is 0. The summed E-state index contributed by atoms with van der Waals surface area (Å²) in [6.07, 6.45) is 6.70. The highest BCUT2D eigenvalue weighted by Crippen LogP contribution is 2.44. The summed E-state index contributed by atoms with van der Waals surface area (Å²) in [5.74, 6) is 0. The fraction of sp³-hybridized carbons (Fsp3) is 0.500. The minimum Gasteiger partial charge on any atom is -0.0801 e. The monoisotopic (exact) mass is 238 g/mol. The maximum Gasteiger partial charge on any atom is 0.0506 e. The van der Waals surface area contributed by atoms with Gasteiger partial charge in [0, 0.05) is 0 Å². The predicted molar refractivity (Wildman–Crippen MR) is 60.1 cm³/mol. The van der Waals surface area contributed by atoms with Crippen LogP contribution in [-0.2, 0) is 4.32 Å². The van der Waals surface area contributed by atoms with Crippen molar-refractivity contribution in [1.82, 2.24) is 0 Å². The molecule has 0 bridgehead atoms. The van der Waals surface area contributed by atoms with Crippen molar-refractivity contribution in [3.63, 3.8) is 0 Å². The second-order valence-corrected chi connectivity index (χ2v) is 5.41. The SMILES string of the molecule is BrC1(c2ccccc2)CCCCC1. The molecule has 2 rings (SSSR count). The van der Waals surface area contributed by atoms with Crippen LogP contribution in [0.25, 0.3) is 0 Å². The Morgan fingerprint density at radius 1 is 0.923 bits per heavy atom. The molecule has 0 amide bonds. The first-order valence-corrected chi connectivity index (χ1v) is 5.85. The largest absolute Gasteiger partial charge is 0.0801 e. The molecule has 1 aromatic rings. The lowest BCUT2D eigenvalue weighted by molar-refractivity contribution is 0.415. The molecule has 1 saturated carbocycles. The predicted octanol–water partition coefficient (Wildman–Crippen LogP) is 4.24. The highest BCUT2D eigenvalue weighted by atomic mass is 79.9. The van der Waals surface area contributed by atoms with E-state index >= 15 is 0 Å². The molecule has 0 nitrogen and oxygen atoms in total. The van der Waals surface area contributed by atoms with Crippen LogP contribution >= 0.6 is 15.9 Å². The molecule has 1 heteroatoms. The van der Waals surface area contributed by atoms with Crippen molar-refractivity contribution in [1.29, 1.82) is 0 Å². The van der Waals surface area contributed by atoms with Gasteiger partial charge in [0.2, 0.25) is 0 Å². The molecule has 0 spiro atoms. The van der Waals surface area contributed by atoms with Crippen molar-refractivity contribution in [2.45, 2.75) is 36.4 Å². The van der Waals surface area contributed by atoms with E-state index in [0.717, 1.165) is 0 Å². The van der Waals surface area contributed by atoms with Gasteiger partial charge in [0.25, 0.3) is 0 Å². The third kappa shape index (κ3) is 1.96. The second kappa shape index (κ2) is 3.83. The fourth-order valence-corrected chi connectivity index (χ4v) is 2.96. The van der Waals surface area contributed by atoms with Crippen molar-refractivity contribution in [2.75, 3.05) is 0 Å². The van der Waals surface area contributed by atoms with Gasteiger partial charge in [0.1, 0.15) is 0 Å². The smallest absolute Gasteiger partial charge is 0.0506 e. The molecule has 0 radical (unpaired) electrons. The minimum absolute atomic E-state index is 0.284. The van der Waals surface area contributed by atoms with Crippen molar-refractivity contribution in [3.8, 4) is 0 Å². The van der Waals surface area contributed by atoms with Gasteiger partial charge in [-0.3, -0.25) is 0 Å². The zero-order valence-electron chi connectivity index (χ0n) is 7.80. The summed E-state index contributed by atoms with van der Waals surface area (Å²) in [6, 6.07) is 10.8. The van der Waals surface area contributed by atoms with Crippen LogP contribution in [0.1, 0.15) is 37.7 Å². The Balaban J connectivity index is 2.23. The van der Waals surface area contributed by atoms with E-state index in [1.165, 1.54) is 37.7 Å². The quantitative estimate of drug-likeness (QED) is 0.643. The van der Waals surface area contributed by atoms with Crippen LogP contribution in [-0.4, -0.2) is 0 Å². The van der Waals surface area contributed by atoms with Gasteiger partial charge in [0.05, 0.1) is 4.32 Å². The maximum atomic E-state index is 3.90. The zero-order valence-corrected chi connectivity index (χ0v) is 9.39. The van der Waals surface area contributed by atoms with Gasteiger partial charge >= 0.3 is 0 Å². The highest BCUT2D eigenvalue weighted by Gasteiger charge is 2.30. The summed E-state index contributed by atoms with van der Waals surface area (Å²) >= 11 is 3.90. The van der Waals surface area contributed by atoms with E-state index in [-0.39, 0.29) is 4.32 Å². The standard InChI is InChI=1S/C12H15Br/c13-12(9-5-2-6-10-12)11-7-3-1-4-8-11/h1,3-4,7-8H,2,5-6,9-10H2. The van der Waals surface area contributed by atoms with Gasteiger partial charge in [-0.1, -0.05) is 65.5 Å². The Morgan fingerprint density at radius 2 is 1.54 bits per heavy atom. The summed E-state index contributed by atoms with van der Waals surface area (Å²) < 4.78 is 0.284. The van der Waals surface area contributed by atoms with Crippen LogP contribution in [0.3, 0.4) is 0 Å². The van der Waals surface area contributed by atoms with Crippen molar-refractivity contribution >= 4 is 15.9 Å². The molecule has 0 aliphatic heterocycles. The molecule has 1 fully saturated rings. The lowest BCUT2D eigenvalue weighted by atomic mass is 9.84. The van der Waals surface area contributed by atoms with E-state index in [0.29, 0.717) is 0 Å². The fourth-order valence-electron chi connectivity index (χ4n) is 2.14. The third-order valence-corrected chi connectivity index (χ3v) is 4.19. The molecule has 13 heavy (non-hydrogen) atoms. The number of alkyl halides is 1. The molecular formula is C12H15Br. The summed E-state index contributed by atoms with van der Waals surface area (Å²) in [6.45, 7) is 0. The first kappa shape index (κ1) is 9.26. The molecule has 0 N–H and O–H groups in total. The van der Waals surface area contributed by atoms with Gasteiger partial charge < -0.3 is 0 Å². The van der Waals surface area contributed by atoms with Gasteiger partial charge in [-0.2, -0.15) is 0 Å². The van der Waals surface area contributed by atoms with Gasteiger partial charge in [-0.05, 0) is 18.4 Å². The number of hydrogen-bond donors (Lipinski definition) is 0. The molecule has 1 aromatic carbocycles. The first-order chi connectivity index (χ1) is 6.31. The molecule has 1 aliphatic rings. The molecule has 0 heterocycles. The topological polar surface area (TPSA) is 0 Å². The lowest BCUT2D eigenvalue weighted by Crippen LogP contribution is -2.21. The van der Waals surface area contributed by atoms with Crippen LogP contribution in [0.5, 0.6) is 0 Å². The Morgan fingerprint density at radius 3 is 2.15 bits per heavy atom. The average molecular weight is 239 g/mol. The van der Waals surface area contributed by atoms with E-state index in [2.05, 4.69) is 46.3 Å². The number of hydrogen-bond acceptors (Lipinski definition) is 0. The summed E-state index contributed by atoms with van der Waals surface area (Å²) in [7, 11) is 0. The lowest BCUT2D eigenvalue weighted by Gasteiger charge is -2.32. The third-order valence-electron chi connectivity index (χ3n) is 2.94. The van der Waals surface area contributed by atoms with Crippen LogP contribution < -0.4 is 0 Å². The van der Waals surface area contributed by atoms with Crippen molar-refractivity contribution in [2.24, 2.45) is 0 Å². The Hall–Kier alpha value is -0.300. The van der Waals surface area contributed by atoms with E-state index in [9.17, 15) is 0 Å². The molecule has 0 unspecified atom stereocenters. The van der Waals surface area contributed by atoms with Crippen LogP contribution in [0.2, 0.25) is 0 Å². The van der Waals surface area contributed by atoms with E-state index in [1.807, 2.05) is 0 Å². The molecular weight excluding hydrogens is 224 g/mol. The molecule has 0 aromatic heterocycles. The van der Waals surface area contributed by atoms with Gasteiger partial charge in [-0.25, -0.2) is 0 Å². The van der Waals surface area contributed by atoms with E-state index in [4.69, 9.17) is 0 Å². The van der Waals surface area contributed by atoms with Gasteiger partial charge in [0.15, 0.2) is 0 Å². The number of benzene rings is 1. The molecule has 70 valence electrons. The normalized spacial score (nSPS) is 21.3. The Labute approximate surface area is 88.5 Å². The van der Waals surface area contributed by atoms with Crippen molar-refractivity contribution < 1.29 is 0 Å². The second-order valence-electron chi connectivity index (χ2n) is 3.89. The Bertz CT molecular complexity index is 260. The number of rotatable bonds is 1. The molecule has 0 saturated heterocycles. The summed E-state index contributed by atoms with van der Waals surface area (Å²) in [4.78, 5) is 0. The van der Waals surface area contributed by atoms with Crippen LogP contribution in [0.4, 0.5) is 0 Å². The first-order valence-electron chi connectivity index (χ1n) is 5.06.